The molecule has 1 fully saturated rings. The van der Waals surface area contributed by atoms with Gasteiger partial charge in [0.25, 0.3) is 5.69 Å². The second-order valence-corrected chi connectivity index (χ2v) is 8.61. The highest BCUT2D eigenvalue weighted by atomic mass is 32.2. The first-order valence-electron chi connectivity index (χ1n) is 9.50. The number of nitro benzene ring substituents is 1. The van der Waals surface area contributed by atoms with Gasteiger partial charge in [-0.3, -0.25) is 10.1 Å². The number of benzene rings is 2. The average molecular weight is 450 g/mol. The molecule has 1 aliphatic heterocycles. The summed E-state index contributed by atoms with van der Waals surface area (Å²) in [4.78, 5) is 22.7. The molecule has 0 bridgehead atoms. The van der Waals surface area contributed by atoms with Crippen molar-refractivity contribution in [2.24, 2.45) is 0 Å². The summed E-state index contributed by atoms with van der Waals surface area (Å²) in [7, 11) is -2.33. The molecule has 0 radical (unpaired) electrons. The number of esters is 1. The van der Waals surface area contributed by atoms with Gasteiger partial charge in [-0.2, -0.15) is 0 Å². The molecule has 3 rings (SSSR count). The van der Waals surface area contributed by atoms with E-state index in [4.69, 9.17) is 14.2 Å². The summed E-state index contributed by atoms with van der Waals surface area (Å²) in [6.45, 7) is 0.579. The highest BCUT2D eigenvalue weighted by Crippen LogP contribution is 2.25. The van der Waals surface area contributed by atoms with Crippen LogP contribution in [0.2, 0.25) is 0 Å². The molecule has 31 heavy (non-hydrogen) atoms. The van der Waals surface area contributed by atoms with Crippen LogP contribution in [0.15, 0.2) is 47.4 Å². The smallest absolute Gasteiger partial charge is 0.338 e. The Morgan fingerprint density at radius 2 is 2.00 bits per heavy atom. The fourth-order valence-electron chi connectivity index (χ4n) is 3.08. The molecule has 1 N–H and O–H groups in total. The quantitative estimate of drug-likeness (QED) is 0.350. The second kappa shape index (κ2) is 9.86. The fourth-order valence-corrected chi connectivity index (χ4v) is 4.15. The summed E-state index contributed by atoms with van der Waals surface area (Å²) < 4.78 is 43.0. The predicted molar refractivity (Wildman–Crippen MR) is 109 cm³/mol. The lowest BCUT2D eigenvalue weighted by Crippen LogP contribution is -2.31. The Bertz CT molecular complexity index is 1050. The Morgan fingerprint density at radius 1 is 1.26 bits per heavy atom. The van der Waals surface area contributed by atoms with E-state index in [9.17, 15) is 23.3 Å². The third-order valence-corrected chi connectivity index (χ3v) is 6.20. The highest BCUT2D eigenvalue weighted by molar-refractivity contribution is 7.89. The summed E-state index contributed by atoms with van der Waals surface area (Å²) in [6.07, 6.45) is 1.59. The van der Waals surface area contributed by atoms with Gasteiger partial charge in [-0.05, 0) is 43.2 Å². The first kappa shape index (κ1) is 22.7. The Hall–Kier alpha value is -3.02. The van der Waals surface area contributed by atoms with E-state index >= 15 is 0 Å². The summed E-state index contributed by atoms with van der Waals surface area (Å²) in [6, 6.07) is 9.27. The number of carbonyl (C=O) groups excluding carboxylic acids is 1. The number of ether oxygens (including phenoxy) is 3. The van der Waals surface area contributed by atoms with Gasteiger partial charge in [0.1, 0.15) is 12.4 Å². The maximum atomic E-state index is 12.4. The second-order valence-electron chi connectivity index (χ2n) is 6.84. The summed E-state index contributed by atoms with van der Waals surface area (Å²) in [5.74, 6) is -0.359. The van der Waals surface area contributed by atoms with Gasteiger partial charge in [-0.25, -0.2) is 17.9 Å². The van der Waals surface area contributed by atoms with Crippen molar-refractivity contribution in [3.63, 3.8) is 0 Å². The monoisotopic (exact) mass is 450 g/mol. The molecular formula is C20H22N2O8S. The van der Waals surface area contributed by atoms with Crippen LogP contribution >= 0.6 is 0 Å². The van der Waals surface area contributed by atoms with Crippen LogP contribution in [0, 0.1) is 10.1 Å². The maximum Gasteiger partial charge on any atom is 0.338 e. The predicted octanol–water partition coefficient (Wildman–Crippen LogP) is 2.42. The Morgan fingerprint density at radius 3 is 2.61 bits per heavy atom. The molecule has 1 unspecified atom stereocenters. The molecule has 166 valence electrons. The van der Waals surface area contributed by atoms with Crippen LogP contribution < -0.4 is 9.46 Å². The van der Waals surface area contributed by atoms with Gasteiger partial charge >= 0.3 is 5.97 Å². The molecule has 2 aromatic rings. The minimum absolute atomic E-state index is 0.0161. The number of carbonyl (C=O) groups is 1. The summed E-state index contributed by atoms with van der Waals surface area (Å²) in [5.41, 5.74) is 0.321. The Balaban J connectivity index is 1.62. The van der Waals surface area contributed by atoms with E-state index in [0.717, 1.165) is 12.8 Å². The normalized spacial score (nSPS) is 16.1. The minimum atomic E-state index is -3.73. The molecule has 1 heterocycles. The first-order chi connectivity index (χ1) is 14.8. The Kier molecular flexibility index (Phi) is 7.21. The highest BCUT2D eigenvalue weighted by Gasteiger charge is 2.21. The third kappa shape index (κ3) is 5.78. The van der Waals surface area contributed by atoms with Crippen molar-refractivity contribution < 1.29 is 32.3 Å². The molecule has 2 aromatic carbocycles. The van der Waals surface area contributed by atoms with Gasteiger partial charge in [0.15, 0.2) is 0 Å². The summed E-state index contributed by atoms with van der Waals surface area (Å²) >= 11 is 0. The minimum Gasteiger partial charge on any atom is -0.496 e. The van der Waals surface area contributed by atoms with E-state index in [-0.39, 0.29) is 35.4 Å². The molecular weight excluding hydrogens is 428 g/mol. The van der Waals surface area contributed by atoms with E-state index < -0.39 is 20.9 Å². The zero-order valence-corrected chi connectivity index (χ0v) is 17.6. The topological polar surface area (TPSA) is 134 Å². The van der Waals surface area contributed by atoms with Crippen LogP contribution in [0.3, 0.4) is 0 Å². The van der Waals surface area contributed by atoms with E-state index in [0.29, 0.717) is 17.9 Å². The number of hydrogen-bond donors (Lipinski definition) is 1. The van der Waals surface area contributed by atoms with Gasteiger partial charge in [-0.15, -0.1) is 0 Å². The first-order valence-corrected chi connectivity index (χ1v) is 11.0. The molecule has 1 saturated heterocycles. The number of sulfonamides is 1. The fraction of sp³-hybridized carbons (Fsp3) is 0.350. The molecule has 0 spiro atoms. The van der Waals surface area contributed by atoms with Crippen LogP contribution in [0.5, 0.6) is 5.75 Å². The lowest BCUT2D eigenvalue weighted by molar-refractivity contribution is -0.385. The van der Waals surface area contributed by atoms with Gasteiger partial charge in [-0.1, -0.05) is 0 Å². The van der Waals surface area contributed by atoms with Gasteiger partial charge < -0.3 is 14.2 Å². The lowest BCUT2D eigenvalue weighted by atomic mass is 10.2. The van der Waals surface area contributed by atoms with E-state index in [1.54, 1.807) is 0 Å². The number of methoxy groups -OCH3 is 1. The molecule has 11 heteroatoms. The number of nitrogens with zero attached hydrogens (tertiary/aromatic N) is 1. The number of non-ortho nitro benzene ring substituents is 1. The van der Waals surface area contributed by atoms with E-state index in [1.807, 2.05) is 0 Å². The van der Waals surface area contributed by atoms with Gasteiger partial charge in [0, 0.05) is 30.8 Å². The van der Waals surface area contributed by atoms with Crippen LogP contribution in [0.1, 0.15) is 28.8 Å². The maximum absolute atomic E-state index is 12.4. The van der Waals surface area contributed by atoms with Crippen molar-refractivity contribution >= 4 is 21.7 Å². The molecule has 0 saturated carbocycles. The number of rotatable bonds is 9. The standard InChI is InChI=1S/C20H22N2O8S/c1-28-19-9-6-16(22(24)25)11-15(19)13-30-20(23)14-4-7-18(8-5-14)31(26,27)21-12-17-3-2-10-29-17/h4-9,11,17,21H,2-3,10,12-13H2,1H3. The molecule has 1 atom stereocenters. The van der Waals surface area contributed by atoms with Crippen LogP contribution in [0.4, 0.5) is 5.69 Å². The van der Waals surface area contributed by atoms with Crippen LogP contribution in [-0.2, 0) is 26.1 Å². The van der Waals surface area contributed by atoms with Gasteiger partial charge in [0.05, 0.1) is 28.6 Å². The molecule has 10 nitrogen and oxygen atoms in total. The third-order valence-electron chi connectivity index (χ3n) is 4.76. The van der Waals surface area contributed by atoms with Crippen molar-refractivity contribution in [1.82, 2.24) is 4.72 Å². The molecule has 0 aromatic heterocycles. The van der Waals surface area contributed by atoms with Crippen molar-refractivity contribution in [2.75, 3.05) is 20.3 Å². The van der Waals surface area contributed by atoms with Crippen molar-refractivity contribution in [3.8, 4) is 5.75 Å². The molecule has 0 aliphatic carbocycles. The largest absolute Gasteiger partial charge is 0.496 e. The van der Waals surface area contributed by atoms with Crippen molar-refractivity contribution in [2.45, 2.75) is 30.4 Å². The van der Waals surface area contributed by atoms with E-state index in [2.05, 4.69) is 4.72 Å². The SMILES string of the molecule is COc1ccc([N+](=O)[O-])cc1COC(=O)c1ccc(S(=O)(=O)NCC2CCCO2)cc1. The Labute approximate surface area is 179 Å². The number of nitrogens with one attached hydrogen (secondary N) is 1. The van der Waals surface area contributed by atoms with Crippen LogP contribution in [-0.4, -0.2) is 45.7 Å². The van der Waals surface area contributed by atoms with Crippen molar-refractivity contribution in [3.05, 3.63) is 63.7 Å². The number of hydrogen-bond acceptors (Lipinski definition) is 8. The van der Waals surface area contributed by atoms with Crippen molar-refractivity contribution in [1.29, 1.82) is 0 Å². The van der Waals surface area contributed by atoms with Gasteiger partial charge in [0.2, 0.25) is 10.0 Å². The average Bonchev–Trinajstić information content (AvgIpc) is 3.29. The zero-order chi connectivity index (χ0) is 22.4. The number of nitro groups is 1. The molecule has 0 amide bonds. The summed E-state index contributed by atoms with van der Waals surface area (Å²) in [5, 5.41) is 10.9. The van der Waals surface area contributed by atoms with Crippen LogP contribution in [0.25, 0.3) is 0 Å². The molecule has 1 aliphatic rings. The lowest BCUT2D eigenvalue weighted by Gasteiger charge is -2.12. The van der Waals surface area contributed by atoms with E-state index in [1.165, 1.54) is 49.6 Å². The zero-order valence-electron chi connectivity index (χ0n) is 16.8.